The SMILES string of the molecule is CCNC(=NCCOc1ccccc1)N1CCN(S(=O)(=O)CCOC(C)C)CC1. The second-order valence-electron chi connectivity index (χ2n) is 7.02. The first-order valence-corrected chi connectivity index (χ1v) is 11.8. The van der Waals surface area contributed by atoms with Crippen molar-refractivity contribution in [2.75, 3.05) is 58.2 Å². The molecule has 0 spiro atoms. The molecule has 1 heterocycles. The van der Waals surface area contributed by atoms with Crippen LogP contribution >= 0.6 is 0 Å². The van der Waals surface area contributed by atoms with Crippen molar-refractivity contribution >= 4 is 16.0 Å². The van der Waals surface area contributed by atoms with E-state index in [4.69, 9.17) is 9.47 Å². The van der Waals surface area contributed by atoms with E-state index in [2.05, 4.69) is 15.2 Å². The van der Waals surface area contributed by atoms with Gasteiger partial charge in [-0.2, -0.15) is 4.31 Å². The maximum Gasteiger partial charge on any atom is 0.216 e. The maximum atomic E-state index is 12.5. The molecule has 1 N–H and O–H groups in total. The molecule has 2 rings (SSSR count). The number of para-hydroxylation sites is 1. The van der Waals surface area contributed by atoms with Gasteiger partial charge in [0.1, 0.15) is 12.4 Å². The van der Waals surface area contributed by atoms with Crippen LogP contribution < -0.4 is 10.1 Å². The third kappa shape index (κ3) is 8.20. The standard InChI is InChI=1S/C20H34N4O4S/c1-4-21-20(22-10-15-28-19-8-6-5-7-9-19)23-11-13-24(14-12-23)29(25,26)17-16-27-18(2)3/h5-9,18H,4,10-17H2,1-3H3,(H,21,22). The quantitative estimate of drug-likeness (QED) is 0.346. The highest BCUT2D eigenvalue weighted by molar-refractivity contribution is 7.89. The largest absolute Gasteiger partial charge is 0.492 e. The Kier molecular flexibility index (Phi) is 9.69. The minimum absolute atomic E-state index is 0.0240. The highest BCUT2D eigenvalue weighted by Gasteiger charge is 2.27. The first-order chi connectivity index (χ1) is 13.9. The number of hydrogen-bond acceptors (Lipinski definition) is 5. The van der Waals surface area contributed by atoms with E-state index in [-0.39, 0.29) is 18.5 Å². The summed E-state index contributed by atoms with van der Waals surface area (Å²) in [6.45, 7) is 9.94. The molecule has 0 amide bonds. The Balaban J connectivity index is 1.82. The fraction of sp³-hybridized carbons (Fsp3) is 0.650. The van der Waals surface area contributed by atoms with Crippen LogP contribution in [0.25, 0.3) is 0 Å². The fourth-order valence-electron chi connectivity index (χ4n) is 2.95. The molecule has 29 heavy (non-hydrogen) atoms. The highest BCUT2D eigenvalue weighted by Crippen LogP contribution is 2.10. The molecule has 0 saturated carbocycles. The predicted octanol–water partition coefficient (Wildman–Crippen LogP) is 1.40. The number of aliphatic imine (C=N–C) groups is 1. The van der Waals surface area contributed by atoms with Gasteiger partial charge >= 0.3 is 0 Å². The van der Waals surface area contributed by atoms with E-state index >= 15 is 0 Å². The Labute approximate surface area is 174 Å². The van der Waals surface area contributed by atoms with Crippen molar-refractivity contribution in [1.82, 2.24) is 14.5 Å². The molecule has 1 aliphatic rings. The molecule has 1 aromatic carbocycles. The number of ether oxygens (including phenoxy) is 2. The molecule has 8 nitrogen and oxygen atoms in total. The van der Waals surface area contributed by atoms with Gasteiger partial charge in [0.15, 0.2) is 5.96 Å². The molecule has 164 valence electrons. The van der Waals surface area contributed by atoms with Crippen molar-refractivity contribution in [2.45, 2.75) is 26.9 Å². The van der Waals surface area contributed by atoms with Gasteiger partial charge in [0, 0.05) is 32.7 Å². The van der Waals surface area contributed by atoms with Gasteiger partial charge in [-0.3, -0.25) is 0 Å². The van der Waals surface area contributed by atoms with Crippen LogP contribution in [-0.4, -0.2) is 87.9 Å². The molecule has 0 unspecified atom stereocenters. The number of hydrogen-bond donors (Lipinski definition) is 1. The summed E-state index contributed by atoms with van der Waals surface area (Å²) < 4.78 is 37.6. The number of nitrogens with one attached hydrogen (secondary N) is 1. The molecule has 1 aliphatic heterocycles. The van der Waals surface area contributed by atoms with E-state index < -0.39 is 10.0 Å². The van der Waals surface area contributed by atoms with Crippen LogP contribution in [0.15, 0.2) is 35.3 Å². The van der Waals surface area contributed by atoms with E-state index in [1.165, 1.54) is 0 Å². The summed E-state index contributed by atoms with van der Waals surface area (Å²) in [4.78, 5) is 6.73. The Morgan fingerprint density at radius 2 is 1.83 bits per heavy atom. The van der Waals surface area contributed by atoms with E-state index in [0.29, 0.717) is 39.3 Å². The summed E-state index contributed by atoms with van der Waals surface area (Å²) in [7, 11) is -3.29. The average molecular weight is 427 g/mol. The minimum Gasteiger partial charge on any atom is -0.492 e. The van der Waals surface area contributed by atoms with Crippen molar-refractivity contribution in [3.63, 3.8) is 0 Å². The van der Waals surface area contributed by atoms with Crippen LogP contribution in [0.3, 0.4) is 0 Å². The Hall–Kier alpha value is -1.84. The minimum atomic E-state index is -3.29. The normalized spacial score (nSPS) is 16.3. The van der Waals surface area contributed by atoms with E-state index in [1.54, 1.807) is 4.31 Å². The lowest BCUT2D eigenvalue weighted by molar-refractivity contribution is 0.0904. The topological polar surface area (TPSA) is 83.5 Å². The molecular weight excluding hydrogens is 392 g/mol. The summed E-state index contributed by atoms with van der Waals surface area (Å²) in [6, 6.07) is 9.66. The average Bonchev–Trinajstić information content (AvgIpc) is 2.71. The van der Waals surface area contributed by atoms with Crippen molar-refractivity contribution in [3.8, 4) is 5.75 Å². The Bertz CT molecular complexity index is 717. The van der Waals surface area contributed by atoms with Crippen molar-refractivity contribution in [1.29, 1.82) is 0 Å². The van der Waals surface area contributed by atoms with E-state index in [9.17, 15) is 8.42 Å². The number of piperazine rings is 1. The number of nitrogens with zero attached hydrogens (tertiary/aromatic N) is 3. The van der Waals surface area contributed by atoms with Gasteiger partial charge in [-0.15, -0.1) is 0 Å². The van der Waals surface area contributed by atoms with Gasteiger partial charge in [-0.1, -0.05) is 18.2 Å². The van der Waals surface area contributed by atoms with Gasteiger partial charge < -0.3 is 19.7 Å². The number of rotatable bonds is 10. The lowest BCUT2D eigenvalue weighted by Crippen LogP contribution is -2.54. The monoisotopic (exact) mass is 426 g/mol. The summed E-state index contributed by atoms with van der Waals surface area (Å²) in [6.07, 6.45) is 0.0341. The molecule has 1 saturated heterocycles. The highest BCUT2D eigenvalue weighted by atomic mass is 32.2. The molecule has 0 aromatic heterocycles. The number of guanidine groups is 1. The van der Waals surface area contributed by atoms with Crippen molar-refractivity contribution in [2.24, 2.45) is 4.99 Å². The van der Waals surface area contributed by atoms with Gasteiger partial charge in [-0.05, 0) is 32.9 Å². The molecule has 0 radical (unpaired) electrons. The summed E-state index contributed by atoms with van der Waals surface area (Å²) in [5.74, 6) is 1.65. The fourth-order valence-corrected chi connectivity index (χ4v) is 4.24. The second kappa shape index (κ2) is 12.0. The van der Waals surface area contributed by atoms with E-state index in [0.717, 1.165) is 18.3 Å². The lowest BCUT2D eigenvalue weighted by Gasteiger charge is -2.35. The van der Waals surface area contributed by atoms with Crippen molar-refractivity contribution < 1.29 is 17.9 Å². The smallest absolute Gasteiger partial charge is 0.216 e. The summed E-state index contributed by atoms with van der Waals surface area (Å²) in [5, 5.41) is 3.28. The molecule has 0 aliphatic carbocycles. The van der Waals surface area contributed by atoms with Crippen LogP contribution in [0.5, 0.6) is 5.75 Å². The zero-order valence-corrected chi connectivity index (χ0v) is 18.5. The van der Waals surface area contributed by atoms with E-state index in [1.807, 2.05) is 51.1 Å². The van der Waals surface area contributed by atoms with Gasteiger partial charge in [0.25, 0.3) is 0 Å². The summed E-state index contributed by atoms with van der Waals surface area (Å²) in [5.41, 5.74) is 0. The number of benzene rings is 1. The van der Waals surface area contributed by atoms with Crippen LogP contribution in [0, 0.1) is 0 Å². The molecule has 1 aromatic rings. The molecule has 0 atom stereocenters. The van der Waals surface area contributed by atoms with Gasteiger partial charge in [-0.25, -0.2) is 13.4 Å². The van der Waals surface area contributed by atoms with Gasteiger partial charge in [0.2, 0.25) is 10.0 Å². The van der Waals surface area contributed by atoms with Crippen LogP contribution in [0.2, 0.25) is 0 Å². The first-order valence-electron chi connectivity index (χ1n) is 10.2. The zero-order chi connectivity index (χ0) is 21.1. The summed E-state index contributed by atoms with van der Waals surface area (Å²) >= 11 is 0. The third-order valence-corrected chi connectivity index (χ3v) is 6.26. The number of sulfonamides is 1. The third-order valence-electron chi connectivity index (χ3n) is 4.42. The molecule has 0 bridgehead atoms. The van der Waals surface area contributed by atoms with Crippen LogP contribution in [-0.2, 0) is 14.8 Å². The predicted molar refractivity (Wildman–Crippen MR) is 116 cm³/mol. The Morgan fingerprint density at radius 3 is 2.45 bits per heavy atom. The van der Waals surface area contributed by atoms with Crippen LogP contribution in [0.4, 0.5) is 0 Å². The lowest BCUT2D eigenvalue weighted by atomic mass is 10.3. The Morgan fingerprint density at radius 1 is 1.14 bits per heavy atom. The molecular formula is C20H34N4O4S. The zero-order valence-electron chi connectivity index (χ0n) is 17.7. The van der Waals surface area contributed by atoms with Crippen LogP contribution in [0.1, 0.15) is 20.8 Å². The molecule has 9 heteroatoms. The second-order valence-corrected chi connectivity index (χ2v) is 9.11. The first kappa shape index (κ1) is 23.4. The maximum absolute atomic E-state index is 12.5. The molecule has 1 fully saturated rings. The van der Waals surface area contributed by atoms with Gasteiger partial charge in [0.05, 0.1) is 25.0 Å². The van der Waals surface area contributed by atoms with Crippen molar-refractivity contribution in [3.05, 3.63) is 30.3 Å².